The van der Waals surface area contributed by atoms with Gasteiger partial charge in [0.05, 0.1) is 0 Å². The highest BCUT2D eigenvalue weighted by Crippen LogP contribution is 2.29. The van der Waals surface area contributed by atoms with Crippen LogP contribution in [-0.2, 0) is 0 Å². The van der Waals surface area contributed by atoms with E-state index in [0.29, 0.717) is 6.04 Å². The van der Waals surface area contributed by atoms with E-state index in [0.717, 1.165) is 32.6 Å². The number of rotatable bonds is 5. The zero-order valence-electron chi connectivity index (χ0n) is 11.6. The van der Waals surface area contributed by atoms with Crippen molar-refractivity contribution < 1.29 is 0 Å². The lowest BCUT2D eigenvalue weighted by Gasteiger charge is -2.35. The fraction of sp³-hybridized carbons (Fsp3) is 0.467. The highest BCUT2D eigenvalue weighted by Gasteiger charge is 2.22. The molecular weight excluding hydrogens is 406 g/mol. The summed E-state index contributed by atoms with van der Waals surface area (Å²) in [6.45, 7) is 8.36. The van der Waals surface area contributed by atoms with E-state index in [9.17, 15) is 0 Å². The molecule has 20 heavy (non-hydrogen) atoms. The van der Waals surface area contributed by atoms with Gasteiger partial charge in [0.1, 0.15) is 0 Å². The predicted molar refractivity (Wildman–Crippen MR) is 100 cm³/mol. The molecule has 0 radical (unpaired) electrons. The normalized spacial score (nSPS) is 16.6. The molecule has 1 aromatic carbocycles. The molecule has 1 N–H and O–H groups in total. The third kappa shape index (κ3) is 5.53. The molecule has 0 aromatic heterocycles. The summed E-state index contributed by atoms with van der Waals surface area (Å²) in [5, 5.41) is 3.43. The number of nitrogens with one attached hydrogen (secondary N) is 1. The Morgan fingerprint density at radius 1 is 1.25 bits per heavy atom. The van der Waals surface area contributed by atoms with Gasteiger partial charge in [0, 0.05) is 35.8 Å². The zero-order valence-corrected chi connectivity index (χ0v) is 15.3. The topological polar surface area (TPSA) is 15.3 Å². The van der Waals surface area contributed by atoms with Crippen LogP contribution >= 0.6 is 47.4 Å². The number of nitrogens with zero attached hydrogens (tertiary/aromatic N) is 1. The van der Waals surface area contributed by atoms with Crippen molar-refractivity contribution in [3.8, 4) is 0 Å². The summed E-state index contributed by atoms with van der Waals surface area (Å²) in [4.78, 5) is 2.61. The minimum Gasteiger partial charge on any atom is -0.314 e. The molecule has 0 saturated carbocycles. The maximum Gasteiger partial charge on any atom is 0.0362 e. The molecule has 114 valence electrons. The van der Waals surface area contributed by atoms with Gasteiger partial charge in [-0.25, -0.2) is 0 Å². The van der Waals surface area contributed by atoms with Crippen LogP contribution in [0.15, 0.2) is 36.9 Å². The van der Waals surface area contributed by atoms with Crippen molar-refractivity contribution in [2.45, 2.75) is 18.9 Å². The second-order valence-corrected chi connectivity index (χ2v) is 5.85. The van der Waals surface area contributed by atoms with Crippen LogP contribution in [0.4, 0.5) is 0 Å². The molecule has 1 aliphatic rings. The predicted octanol–water partition coefficient (Wildman–Crippen LogP) is 4.05. The molecule has 1 fully saturated rings. The summed E-state index contributed by atoms with van der Waals surface area (Å²) in [5.74, 6) is 0. The maximum atomic E-state index is 3.86. The molecule has 2 nitrogen and oxygen atoms in total. The van der Waals surface area contributed by atoms with E-state index in [1.54, 1.807) is 0 Å². The Labute approximate surface area is 148 Å². The molecule has 0 unspecified atom stereocenters. The third-order valence-electron chi connectivity index (χ3n) is 3.50. The van der Waals surface area contributed by atoms with Gasteiger partial charge in [0.15, 0.2) is 0 Å². The first-order valence-corrected chi connectivity index (χ1v) is 7.71. The van der Waals surface area contributed by atoms with Crippen molar-refractivity contribution in [1.82, 2.24) is 10.2 Å². The van der Waals surface area contributed by atoms with Gasteiger partial charge in [-0.15, -0.1) is 31.4 Å². The van der Waals surface area contributed by atoms with Gasteiger partial charge >= 0.3 is 0 Å². The molecule has 1 saturated heterocycles. The van der Waals surface area contributed by atoms with E-state index in [4.69, 9.17) is 0 Å². The summed E-state index contributed by atoms with van der Waals surface area (Å²) in [6, 6.07) is 9.29. The molecule has 0 aliphatic carbocycles. The number of allylic oxidation sites excluding steroid dienone is 1. The van der Waals surface area contributed by atoms with Gasteiger partial charge in [-0.2, -0.15) is 0 Å². The minimum absolute atomic E-state index is 0. The van der Waals surface area contributed by atoms with Crippen molar-refractivity contribution in [3.05, 3.63) is 46.1 Å². The Morgan fingerprint density at radius 3 is 2.50 bits per heavy atom. The third-order valence-corrected chi connectivity index (χ3v) is 4.48. The molecule has 1 aliphatic heterocycles. The summed E-state index contributed by atoms with van der Waals surface area (Å²) in [5.41, 5.74) is 1.47. The van der Waals surface area contributed by atoms with Gasteiger partial charge in [-0.1, -0.05) is 24.3 Å². The minimum atomic E-state index is 0. The van der Waals surface area contributed by atoms with Crippen LogP contribution in [0, 0.1) is 3.57 Å². The van der Waals surface area contributed by atoms with E-state index >= 15 is 0 Å². The van der Waals surface area contributed by atoms with Gasteiger partial charge in [-0.3, -0.25) is 4.90 Å². The zero-order chi connectivity index (χ0) is 12.8. The average Bonchev–Trinajstić information content (AvgIpc) is 2.42. The smallest absolute Gasteiger partial charge is 0.0362 e. The van der Waals surface area contributed by atoms with Crippen LogP contribution in [-0.4, -0.2) is 31.1 Å². The summed E-state index contributed by atoms with van der Waals surface area (Å²) in [7, 11) is 0. The van der Waals surface area contributed by atoms with E-state index in [1.807, 2.05) is 6.08 Å². The first-order chi connectivity index (χ1) is 8.83. The van der Waals surface area contributed by atoms with Crippen LogP contribution < -0.4 is 5.32 Å². The molecule has 0 spiro atoms. The number of piperazine rings is 1. The van der Waals surface area contributed by atoms with Crippen molar-refractivity contribution in [2.75, 3.05) is 26.2 Å². The lowest BCUT2D eigenvalue weighted by molar-refractivity contribution is 0.165. The fourth-order valence-electron chi connectivity index (χ4n) is 2.55. The summed E-state index contributed by atoms with van der Waals surface area (Å²) >= 11 is 2.46. The quantitative estimate of drug-likeness (QED) is 0.562. The van der Waals surface area contributed by atoms with E-state index in [1.165, 1.54) is 15.6 Å². The van der Waals surface area contributed by atoms with Gasteiger partial charge in [0.2, 0.25) is 0 Å². The van der Waals surface area contributed by atoms with E-state index in [-0.39, 0.29) is 24.8 Å². The van der Waals surface area contributed by atoms with Crippen LogP contribution in [0.25, 0.3) is 0 Å². The van der Waals surface area contributed by atoms with Crippen LogP contribution in [0.2, 0.25) is 0 Å². The molecule has 0 amide bonds. The van der Waals surface area contributed by atoms with Crippen molar-refractivity contribution in [1.29, 1.82) is 0 Å². The van der Waals surface area contributed by atoms with Crippen LogP contribution in [0.5, 0.6) is 0 Å². The Morgan fingerprint density at radius 2 is 1.90 bits per heavy atom. The number of benzene rings is 1. The lowest BCUT2D eigenvalue weighted by Crippen LogP contribution is -2.45. The molecule has 0 bridgehead atoms. The number of hydrogen-bond donors (Lipinski definition) is 1. The summed E-state index contributed by atoms with van der Waals surface area (Å²) in [6.07, 6.45) is 4.29. The first kappa shape index (κ1) is 20.2. The average molecular weight is 429 g/mol. The second-order valence-electron chi connectivity index (χ2n) is 4.69. The van der Waals surface area contributed by atoms with Crippen molar-refractivity contribution in [3.63, 3.8) is 0 Å². The largest absolute Gasteiger partial charge is 0.314 e. The van der Waals surface area contributed by atoms with E-state index < -0.39 is 0 Å². The fourth-order valence-corrected chi connectivity index (χ4v) is 3.30. The second kappa shape index (κ2) is 10.9. The van der Waals surface area contributed by atoms with E-state index in [2.05, 4.69) is 63.7 Å². The molecular formula is C15H23Cl2IN2. The Balaban J connectivity index is 0.00000180. The highest BCUT2D eigenvalue weighted by molar-refractivity contribution is 14.1. The molecule has 1 aromatic rings. The first-order valence-electron chi connectivity index (χ1n) is 6.63. The number of hydrogen-bond acceptors (Lipinski definition) is 2. The monoisotopic (exact) mass is 428 g/mol. The van der Waals surface area contributed by atoms with Crippen molar-refractivity contribution >= 4 is 47.4 Å². The Bertz CT molecular complexity index is 395. The molecule has 1 atom stereocenters. The highest BCUT2D eigenvalue weighted by atomic mass is 127. The lowest BCUT2D eigenvalue weighted by atomic mass is 9.99. The number of halogens is 3. The van der Waals surface area contributed by atoms with Crippen LogP contribution in [0.1, 0.15) is 24.4 Å². The summed E-state index contributed by atoms with van der Waals surface area (Å²) < 4.78 is 1.38. The van der Waals surface area contributed by atoms with Gasteiger partial charge in [0.25, 0.3) is 0 Å². The van der Waals surface area contributed by atoms with Crippen LogP contribution in [0.3, 0.4) is 0 Å². The van der Waals surface area contributed by atoms with Gasteiger partial charge in [-0.05, 0) is 47.1 Å². The molecule has 1 heterocycles. The Hall–Kier alpha value is 0.190. The standard InChI is InChI=1S/C15H21IN2.2ClH/c1-2-3-8-15(18-11-9-17-10-12-18)13-6-4-5-7-14(13)16;;/h2,4-7,15,17H,1,3,8-12H2;2*1H/t15-;;/m1../s1. The molecule has 2 rings (SSSR count). The SMILES string of the molecule is C=CCC[C@H](c1ccccc1I)N1CCNCC1.Cl.Cl. The molecule has 5 heteroatoms. The van der Waals surface area contributed by atoms with Gasteiger partial charge < -0.3 is 5.32 Å². The maximum absolute atomic E-state index is 3.86. The Kier molecular flexibility index (Phi) is 11.0. The van der Waals surface area contributed by atoms with Crippen molar-refractivity contribution in [2.24, 2.45) is 0 Å².